The second-order valence-electron chi connectivity index (χ2n) is 4.47. The average Bonchev–Trinajstić information content (AvgIpc) is 3.13. The number of thioether (sulfide) groups is 1. The van der Waals surface area contributed by atoms with E-state index in [9.17, 15) is 8.78 Å². The van der Waals surface area contributed by atoms with Crippen molar-refractivity contribution in [1.29, 1.82) is 0 Å². The Morgan fingerprint density at radius 2 is 2.04 bits per heavy atom. The van der Waals surface area contributed by atoms with Crippen LogP contribution in [0.1, 0.15) is 12.4 Å². The number of halogens is 3. The number of hydrogen-bond acceptors (Lipinski definition) is 5. The van der Waals surface area contributed by atoms with Crippen molar-refractivity contribution in [3.8, 4) is 11.4 Å². The molecule has 0 bridgehead atoms. The first-order valence-electron chi connectivity index (χ1n) is 6.46. The third kappa shape index (κ3) is 3.15. The molecule has 0 saturated carbocycles. The Kier molecular flexibility index (Phi) is 4.49. The predicted octanol–water partition coefficient (Wildman–Crippen LogP) is 3.20. The van der Waals surface area contributed by atoms with Crippen LogP contribution in [0.25, 0.3) is 11.4 Å². The lowest BCUT2D eigenvalue weighted by Gasteiger charge is -2.06. The van der Waals surface area contributed by atoms with E-state index in [0.717, 1.165) is 16.3 Å². The molecular formula is C13H11ClF2N6S. The van der Waals surface area contributed by atoms with Crippen LogP contribution in [0, 0.1) is 0 Å². The summed E-state index contributed by atoms with van der Waals surface area (Å²) in [5, 5.41) is 8.86. The number of benzene rings is 1. The third-order valence-corrected chi connectivity index (χ3v) is 4.34. The van der Waals surface area contributed by atoms with Crippen LogP contribution in [-0.2, 0) is 5.75 Å². The van der Waals surface area contributed by atoms with Gasteiger partial charge in [0.1, 0.15) is 5.82 Å². The van der Waals surface area contributed by atoms with Gasteiger partial charge in [-0.15, -0.1) is 10.2 Å². The van der Waals surface area contributed by atoms with Crippen LogP contribution in [0.4, 0.5) is 8.78 Å². The van der Waals surface area contributed by atoms with Crippen LogP contribution >= 0.6 is 23.4 Å². The summed E-state index contributed by atoms with van der Waals surface area (Å²) in [5.74, 6) is 6.80. The van der Waals surface area contributed by atoms with E-state index in [-0.39, 0.29) is 11.6 Å². The maximum Gasteiger partial charge on any atom is 0.319 e. The molecule has 0 atom stereocenters. The Balaban J connectivity index is 1.80. The number of nitrogen functional groups attached to an aromatic ring is 1. The second-order valence-corrected chi connectivity index (χ2v) is 5.82. The minimum atomic E-state index is -2.64. The lowest BCUT2D eigenvalue weighted by atomic mass is 10.2. The molecular weight excluding hydrogens is 346 g/mol. The fraction of sp³-hybridized carbons (Fsp3) is 0.154. The molecule has 2 N–H and O–H groups in total. The summed E-state index contributed by atoms with van der Waals surface area (Å²) < 4.78 is 27.6. The standard InChI is InChI=1S/C13H11ClF2N6S/c14-9-4-2-1-3-8(9)11-19-20-13(22(11)17)23-7-10-18-5-6-21(10)12(15)16/h1-6,12H,7,17H2. The molecule has 3 rings (SSSR count). The molecule has 23 heavy (non-hydrogen) atoms. The highest BCUT2D eigenvalue weighted by atomic mass is 35.5. The first-order chi connectivity index (χ1) is 11.1. The molecule has 120 valence electrons. The molecule has 0 unspecified atom stereocenters. The van der Waals surface area contributed by atoms with Crippen molar-refractivity contribution in [3.63, 3.8) is 0 Å². The van der Waals surface area contributed by atoms with E-state index in [4.69, 9.17) is 17.4 Å². The molecule has 0 aliphatic carbocycles. The van der Waals surface area contributed by atoms with Gasteiger partial charge in [-0.05, 0) is 12.1 Å². The Bertz CT molecular complexity index is 818. The van der Waals surface area contributed by atoms with Gasteiger partial charge in [-0.2, -0.15) is 8.78 Å². The van der Waals surface area contributed by atoms with Crippen molar-refractivity contribution in [2.45, 2.75) is 17.5 Å². The van der Waals surface area contributed by atoms with Gasteiger partial charge in [0.15, 0.2) is 5.82 Å². The van der Waals surface area contributed by atoms with E-state index in [1.54, 1.807) is 18.2 Å². The first kappa shape index (κ1) is 15.8. The van der Waals surface area contributed by atoms with Crippen LogP contribution in [0.15, 0.2) is 41.8 Å². The van der Waals surface area contributed by atoms with E-state index in [0.29, 0.717) is 21.6 Å². The molecule has 0 fully saturated rings. The van der Waals surface area contributed by atoms with Crippen LogP contribution < -0.4 is 5.84 Å². The summed E-state index contributed by atoms with van der Waals surface area (Å²) in [6, 6.07) is 7.09. The molecule has 1 aromatic carbocycles. The second kappa shape index (κ2) is 6.55. The minimum absolute atomic E-state index is 0.190. The highest BCUT2D eigenvalue weighted by Gasteiger charge is 2.16. The van der Waals surface area contributed by atoms with Gasteiger partial charge in [-0.25, -0.2) is 9.66 Å². The lowest BCUT2D eigenvalue weighted by Crippen LogP contribution is -2.12. The molecule has 0 radical (unpaired) electrons. The van der Waals surface area contributed by atoms with Crippen molar-refractivity contribution in [1.82, 2.24) is 24.4 Å². The zero-order chi connectivity index (χ0) is 16.4. The number of aromatic nitrogens is 5. The van der Waals surface area contributed by atoms with Gasteiger partial charge in [-0.3, -0.25) is 4.57 Å². The van der Waals surface area contributed by atoms with Crippen LogP contribution in [0.2, 0.25) is 5.02 Å². The van der Waals surface area contributed by atoms with Crippen molar-refractivity contribution in [3.05, 3.63) is 47.5 Å². The fourth-order valence-corrected chi connectivity index (χ4v) is 2.99. The van der Waals surface area contributed by atoms with Gasteiger partial charge in [0.2, 0.25) is 5.16 Å². The van der Waals surface area contributed by atoms with Gasteiger partial charge >= 0.3 is 6.55 Å². The molecule has 6 nitrogen and oxygen atoms in total. The van der Waals surface area contributed by atoms with Crippen molar-refractivity contribution in [2.24, 2.45) is 0 Å². The maximum absolute atomic E-state index is 12.8. The number of imidazole rings is 1. The average molecular weight is 357 g/mol. The van der Waals surface area contributed by atoms with E-state index in [2.05, 4.69) is 15.2 Å². The summed E-state index contributed by atoms with van der Waals surface area (Å²) in [6.07, 6.45) is 2.55. The van der Waals surface area contributed by atoms with E-state index >= 15 is 0 Å². The molecule has 0 aliphatic heterocycles. The van der Waals surface area contributed by atoms with Crippen molar-refractivity contribution in [2.75, 3.05) is 5.84 Å². The minimum Gasteiger partial charge on any atom is -0.335 e. The SMILES string of the molecule is Nn1c(SCc2nccn2C(F)F)nnc1-c1ccccc1Cl. The van der Waals surface area contributed by atoms with Crippen molar-refractivity contribution >= 4 is 23.4 Å². The Morgan fingerprint density at radius 3 is 2.78 bits per heavy atom. The highest BCUT2D eigenvalue weighted by molar-refractivity contribution is 7.98. The number of nitrogens with two attached hydrogens (primary N) is 1. The Labute approximate surface area is 139 Å². The zero-order valence-electron chi connectivity index (χ0n) is 11.6. The summed E-state index contributed by atoms with van der Waals surface area (Å²) >= 11 is 7.28. The molecule has 2 aromatic heterocycles. The quantitative estimate of drug-likeness (QED) is 0.561. The largest absolute Gasteiger partial charge is 0.335 e. The van der Waals surface area contributed by atoms with Gasteiger partial charge in [-0.1, -0.05) is 35.5 Å². The van der Waals surface area contributed by atoms with Gasteiger partial charge in [0, 0.05) is 18.0 Å². The van der Waals surface area contributed by atoms with E-state index < -0.39 is 6.55 Å². The molecule has 10 heteroatoms. The predicted molar refractivity (Wildman–Crippen MR) is 83.7 cm³/mol. The molecule has 0 saturated heterocycles. The smallest absolute Gasteiger partial charge is 0.319 e. The number of rotatable bonds is 5. The molecule has 2 heterocycles. The molecule has 0 aliphatic rings. The fourth-order valence-electron chi connectivity index (χ4n) is 1.96. The van der Waals surface area contributed by atoms with Crippen molar-refractivity contribution < 1.29 is 8.78 Å². The summed E-state index contributed by atoms with van der Waals surface area (Å²) in [6.45, 7) is -2.64. The topological polar surface area (TPSA) is 74.6 Å². The normalized spacial score (nSPS) is 11.3. The Hall–Kier alpha value is -2.13. The molecule has 3 aromatic rings. The number of nitrogens with zero attached hydrogens (tertiary/aromatic N) is 5. The number of alkyl halides is 2. The molecule has 0 amide bonds. The lowest BCUT2D eigenvalue weighted by molar-refractivity contribution is 0.0678. The van der Waals surface area contributed by atoms with E-state index in [1.165, 1.54) is 17.1 Å². The van der Waals surface area contributed by atoms with Gasteiger partial charge in [0.05, 0.1) is 10.8 Å². The third-order valence-electron chi connectivity index (χ3n) is 3.07. The maximum atomic E-state index is 12.8. The summed E-state index contributed by atoms with van der Waals surface area (Å²) in [7, 11) is 0. The van der Waals surface area contributed by atoms with Gasteiger partial charge < -0.3 is 5.84 Å². The van der Waals surface area contributed by atoms with Gasteiger partial charge in [0.25, 0.3) is 0 Å². The highest BCUT2D eigenvalue weighted by Crippen LogP contribution is 2.28. The molecule has 0 spiro atoms. The van der Waals surface area contributed by atoms with E-state index in [1.807, 2.05) is 6.07 Å². The van der Waals surface area contributed by atoms with Crippen LogP contribution in [-0.4, -0.2) is 24.4 Å². The summed E-state index contributed by atoms with van der Waals surface area (Å²) in [5.41, 5.74) is 0.644. The summed E-state index contributed by atoms with van der Waals surface area (Å²) in [4.78, 5) is 3.90. The Morgan fingerprint density at radius 1 is 1.26 bits per heavy atom. The zero-order valence-corrected chi connectivity index (χ0v) is 13.2. The van der Waals surface area contributed by atoms with Crippen LogP contribution in [0.5, 0.6) is 0 Å². The monoisotopic (exact) mass is 356 g/mol. The number of hydrogen-bond donors (Lipinski definition) is 1. The first-order valence-corrected chi connectivity index (χ1v) is 7.82. The van der Waals surface area contributed by atoms with Crippen LogP contribution in [0.3, 0.4) is 0 Å².